The molecule has 0 radical (unpaired) electrons. The quantitative estimate of drug-likeness (QED) is 0.281. The number of amides is 1. The van der Waals surface area contributed by atoms with Crippen LogP contribution in [0.2, 0.25) is 0 Å². The van der Waals surface area contributed by atoms with Gasteiger partial charge in [0.25, 0.3) is 11.6 Å². The average molecular weight is 349 g/mol. The molecular weight excluding hydrogens is 334 g/mol. The Morgan fingerprint density at radius 3 is 2.54 bits per heavy atom. The third kappa shape index (κ3) is 4.79. The first-order chi connectivity index (χ1) is 12.5. The molecule has 26 heavy (non-hydrogen) atoms. The van der Waals surface area contributed by atoms with Gasteiger partial charge >= 0.3 is 0 Å². The van der Waals surface area contributed by atoms with Crippen molar-refractivity contribution in [1.82, 2.24) is 0 Å². The maximum absolute atomic E-state index is 12.1. The Bertz CT molecular complexity index is 909. The fourth-order valence-corrected chi connectivity index (χ4v) is 2.08. The van der Waals surface area contributed by atoms with Crippen molar-refractivity contribution >= 4 is 23.4 Å². The van der Waals surface area contributed by atoms with Crippen LogP contribution in [0.3, 0.4) is 0 Å². The number of nitro groups is 1. The van der Waals surface area contributed by atoms with Crippen LogP contribution in [0, 0.1) is 21.4 Å². The van der Waals surface area contributed by atoms with Crippen molar-refractivity contribution < 1.29 is 14.5 Å². The zero-order valence-electron chi connectivity index (χ0n) is 13.9. The lowest BCUT2D eigenvalue weighted by atomic mass is 10.1. The molecule has 2 rings (SSSR count). The normalized spacial score (nSPS) is 11.0. The summed E-state index contributed by atoms with van der Waals surface area (Å²) in [5, 5.41) is 22.7. The third-order valence-corrected chi connectivity index (χ3v) is 3.39. The summed E-state index contributed by atoms with van der Waals surface area (Å²) in [5.74, 6) is 0.0660. The molecule has 0 aliphatic heterocycles. The summed E-state index contributed by atoms with van der Waals surface area (Å²) in [6, 6.07) is 14.6. The molecule has 2 aromatic carbocycles. The molecule has 0 unspecified atom stereocenters. The maximum Gasteiger partial charge on any atom is 0.276 e. The second-order valence-corrected chi connectivity index (χ2v) is 5.05. The molecule has 130 valence electrons. The van der Waals surface area contributed by atoms with Gasteiger partial charge in [0.15, 0.2) is 0 Å². The van der Waals surface area contributed by atoms with Crippen LogP contribution in [0.25, 0.3) is 6.08 Å². The summed E-state index contributed by atoms with van der Waals surface area (Å²) >= 11 is 0. The number of ether oxygens (including phenoxy) is 1. The molecule has 1 N–H and O–H groups in total. The highest BCUT2D eigenvalue weighted by molar-refractivity contribution is 6.06. The van der Waals surface area contributed by atoms with Gasteiger partial charge in [-0.05, 0) is 42.5 Å². The first-order valence-electron chi connectivity index (χ1n) is 7.52. The molecule has 7 heteroatoms. The number of rotatable bonds is 6. The van der Waals surface area contributed by atoms with E-state index in [9.17, 15) is 14.9 Å². The van der Waals surface area contributed by atoms with Crippen LogP contribution in [0.5, 0.6) is 5.75 Å². The molecule has 1 amide bonds. The molecule has 0 aliphatic rings. The van der Waals surface area contributed by atoms with E-state index in [1.165, 1.54) is 31.4 Å². The molecule has 2 aromatic rings. The van der Waals surface area contributed by atoms with Crippen LogP contribution in [0.4, 0.5) is 11.4 Å². The van der Waals surface area contributed by atoms with Gasteiger partial charge in [0.05, 0.1) is 17.6 Å². The van der Waals surface area contributed by atoms with Gasteiger partial charge in [0.1, 0.15) is 17.4 Å². The lowest BCUT2D eigenvalue weighted by molar-refractivity contribution is -0.385. The lowest BCUT2D eigenvalue weighted by Gasteiger charge is -2.05. The highest BCUT2D eigenvalue weighted by Crippen LogP contribution is 2.19. The highest BCUT2D eigenvalue weighted by Gasteiger charge is 2.10. The summed E-state index contributed by atoms with van der Waals surface area (Å²) in [4.78, 5) is 22.6. The predicted molar refractivity (Wildman–Crippen MR) is 97.5 cm³/mol. The van der Waals surface area contributed by atoms with Gasteiger partial charge < -0.3 is 10.1 Å². The topological polar surface area (TPSA) is 105 Å². The zero-order chi connectivity index (χ0) is 18.9. The van der Waals surface area contributed by atoms with Crippen molar-refractivity contribution in [1.29, 1.82) is 5.26 Å². The number of hydrogen-bond acceptors (Lipinski definition) is 5. The fraction of sp³-hybridized carbons (Fsp3) is 0.0526. The Kier molecular flexibility index (Phi) is 6.23. The molecule has 0 aliphatic carbocycles. The first-order valence-corrected chi connectivity index (χ1v) is 7.52. The van der Waals surface area contributed by atoms with Crippen molar-refractivity contribution in [2.75, 3.05) is 12.4 Å². The summed E-state index contributed by atoms with van der Waals surface area (Å²) in [7, 11) is 1.54. The van der Waals surface area contributed by atoms with E-state index in [1.54, 1.807) is 42.5 Å². The summed E-state index contributed by atoms with van der Waals surface area (Å²) in [6.07, 6.45) is 4.19. The number of nitrogens with zero attached hydrogens (tertiary/aromatic N) is 2. The van der Waals surface area contributed by atoms with Crippen LogP contribution in [0.1, 0.15) is 5.56 Å². The minimum atomic E-state index is -0.579. The molecular formula is C19H15N3O4. The molecule has 0 bridgehead atoms. The van der Waals surface area contributed by atoms with Gasteiger partial charge in [-0.1, -0.05) is 18.2 Å². The van der Waals surface area contributed by atoms with Crippen LogP contribution in [-0.2, 0) is 4.79 Å². The van der Waals surface area contributed by atoms with E-state index in [0.717, 1.165) is 0 Å². The summed E-state index contributed by atoms with van der Waals surface area (Å²) in [5.41, 5.74) is 0.704. The van der Waals surface area contributed by atoms with E-state index in [0.29, 0.717) is 17.0 Å². The maximum atomic E-state index is 12.1. The van der Waals surface area contributed by atoms with Gasteiger partial charge in [0, 0.05) is 11.8 Å². The minimum absolute atomic E-state index is 0.0571. The number of benzene rings is 2. The minimum Gasteiger partial charge on any atom is -0.497 e. The molecule has 0 saturated heterocycles. The van der Waals surface area contributed by atoms with E-state index in [4.69, 9.17) is 10.00 Å². The summed E-state index contributed by atoms with van der Waals surface area (Å²) < 4.78 is 5.03. The van der Waals surface area contributed by atoms with Gasteiger partial charge in [0.2, 0.25) is 0 Å². The molecule has 7 nitrogen and oxygen atoms in total. The van der Waals surface area contributed by atoms with Crippen molar-refractivity contribution in [3.8, 4) is 11.8 Å². The summed E-state index contributed by atoms with van der Waals surface area (Å²) in [6.45, 7) is 0. The molecule has 0 heterocycles. The number of anilines is 1. The number of carbonyl (C=O) groups excluding carboxylic acids is 1. The second kappa shape index (κ2) is 8.80. The van der Waals surface area contributed by atoms with E-state index in [2.05, 4.69) is 5.32 Å². The number of para-hydroxylation sites is 1. The molecule has 0 saturated carbocycles. The van der Waals surface area contributed by atoms with Gasteiger partial charge in [-0.2, -0.15) is 5.26 Å². The smallest absolute Gasteiger partial charge is 0.276 e. The van der Waals surface area contributed by atoms with E-state index in [1.807, 2.05) is 6.07 Å². The number of nitriles is 1. The van der Waals surface area contributed by atoms with Gasteiger partial charge in [-0.3, -0.25) is 14.9 Å². The van der Waals surface area contributed by atoms with Crippen LogP contribution < -0.4 is 10.1 Å². The largest absolute Gasteiger partial charge is 0.497 e. The molecule has 0 spiro atoms. The number of nitrogens with one attached hydrogen (secondary N) is 1. The Balaban J connectivity index is 2.13. The van der Waals surface area contributed by atoms with Crippen molar-refractivity contribution in [2.45, 2.75) is 0 Å². The van der Waals surface area contributed by atoms with Crippen LogP contribution in [0.15, 0.2) is 66.3 Å². The second-order valence-electron chi connectivity index (χ2n) is 5.05. The number of carbonyl (C=O) groups is 1. The van der Waals surface area contributed by atoms with E-state index < -0.39 is 10.8 Å². The number of allylic oxidation sites excluding steroid dienone is 2. The standard InChI is InChI=1S/C19H15N3O4/c1-26-17-11-9-16(10-12-17)21-19(23)15(13-20)7-4-6-14-5-2-3-8-18(14)22(24)25/h2-12H,1H3,(H,21,23)/b6-4?,15-7+. The number of methoxy groups -OCH3 is 1. The molecule has 0 aromatic heterocycles. The zero-order valence-corrected chi connectivity index (χ0v) is 13.9. The fourth-order valence-electron chi connectivity index (χ4n) is 2.08. The van der Waals surface area contributed by atoms with E-state index in [-0.39, 0.29) is 11.3 Å². The predicted octanol–water partition coefficient (Wildman–Crippen LogP) is 3.71. The SMILES string of the molecule is COc1ccc(NC(=O)/C(C#N)=C/C=Cc2ccccc2[N+](=O)[O-])cc1. The first kappa shape index (κ1) is 18.4. The number of hydrogen-bond donors (Lipinski definition) is 1. The average Bonchev–Trinajstić information content (AvgIpc) is 2.66. The molecule has 0 atom stereocenters. The Morgan fingerprint density at radius 2 is 1.92 bits per heavy atom. The highest BCUT2D eigenvalue weighted by atomic mass is 16.6. The van der Waals surface area contributed by atoms with Crippen molar-refractivity contribution in [3.63, 3.8) is 0 Å². The van der Waals surface area contributed by atoms with Crippen molar-refractivity contribution in [2.24, 2.45) is 0 Å². The van der Waals surface area contributed by atoms with Gasteiger partial charge in [-0.25, -0.2) is 0 Å². The van der Waals surface area contributed by atoms with Gasteiger partial charge in [-0.15, -0.1) is 0 Å². The number of nitro benzene ring substituents is 1. The van der Waals surface area contributed by atoms with Crippen molar-refractivity contribution in [3.05, 3.63) is 81.9 Å². The Morgan fingerprint density at radius 1 is 1.23 bits per heavy atom. The molecule has 0 fully saturated rings. The van der Waals surface area contributed by atoms with Crippen LogP contribution >= 0.6 is 0 Å². The Hall–Kier alpha value is -3.92. The third-order valence-electron chi connectivity index (χ3n) is 3.39. The Labute approximate surface area is 150 Å². The monoisotopic (exact) mass is 349 g/mol. The van der Waals surface area contributed by atoms with Crippen LogP contribution in [-0.4, -0.2) is 17.9 Å². The van der Waals surface area contributed by atoms with E-state index >= 15 is 0 Å². The lowest BCUT2D eigenvalue weighted by Crippen LogP contribution is -2.13.